The van der Waals surface area contributed by atoms with E-state index in [0.717, 1.165) is 0 Å². The lowest BCUT2D eigenvalue weighted by molar-refractivity contribution is -0.384. The zero-order valence-corrected chi connectivity index (χ0v) is 11.4. The number of alkyl halides is 1. The fraction of sp³-hybridized carbons (Fsp3) is 0.300. The van der Waals surface area contributed by atoms with Gasteiger partial charge in [-0.15, -0.1) is 0 Å². The summed E-state index contributed by atoms with van der Waals surface area (Å²) in [5.74, 6) is -0.296. The van der Waals surface area contributed by atoms with Crippen LogP contribution in [0.1, 0.15) is 10.4 Å². The number of nitro benzene ring substituents is 1. The molecule has 0 aromatic heterocycles. The molecule has 1 amide bonds. The van der Waals surface area contributed by atoms with Crippen molar-refractivity contribution >= 4 is 39.1 Å². The minimum Gasteiger partial charge on any atom is -0.341 e. The second-order valence-corrected chi connectivity index (χ2v) is 4.60. The molecule has 0 fully saturated rings. The zero-order chi connectivity index (χ0) is 13.0. The molecule has 5 nitrogen and oxygen atoms in total. The number of nitrogens with zero attached hydrogens (tertiary/aromatic N) is 2. The predicted molar refractivity (Wildman–Crippen MR) is 68.9 cm³/mol. The van der Waals surface area contributed by atoms with E-state index >= 15 is 0 Å². The number of carbonyl (C=O) groups excluding carboxylic acids is 1. The van der Waals surface area contributed by atoms with Gasteiger partial charge in [0.1, 0.15) is 0 Å². The van der Waals surface area contributed by atoms with Crippen molar-refractivity contribution in [3.05, 3.63) is 38.9 Å². The molecule has 0 heterocycles. The Labute approximate surface area is 112 Å². The number of halogens is 2. The van der Waals surface area contributed by atoms with Gasteiger partial charge < -0.3 is 4.90 Å². The first-order chi connectivity index (χ1) is 7.95. The Hall–Kier alpha value is -1.14. The first-order valence-corrected chi connectivity index (χ1v) is 6.22. The summed E-state index contributed by atoms with van der Waals surface area (Å²) in [6.45, 7) is 0.513. The molecule has 1 rings (SSSR count). The van der Waals surface area contributed by atoms with Crippen LogP contribution in [0, 0.1) is 10.1 Å². The van der Waals surface area contributed by atoms with Gasteiger partial charge in [-0.2, -0.15) is 0 Å². The van der Waals surface area contributed by atoms with Crippen molar-refractivity contribution in [1.82, 2.24) is 4.90 Å². The van der Waals surface area contributed by atoms with E-state index in [1.54, 1.807) is 7.05 Å². The van der Waals surface area contributed by atoms with Crippen LogP contribution in [0.25, 0.3) is 0 Å². The van der Waals surface area contributed by atoms with Gasteiger partial charge in [-0.1, -0.05) is 27.5 Å². The molecule has 17 heavy (non-hydrogen) atoms. The van der Waals surface area contributed by atoms with Crippen molar-refractivity contribution in [2.75, 3.05) is 18.9 Å². The molecule has 0 atom stereocenters. The third kappa shape index (κ3) is 3.67. The van der Waals surface area contributed by atoms with Gasteiger partial charge >= 0.3 is 0 Å². The fourth-order valence-corrected chi connectivity index (χ4v) is 2.01. The number of nitro groups is 1. The van der Waals surface area contributed by atoms with E-state index in [1.807, 2.05) is 0 Å². The zero-order valence-electron chi connectivity index (χ0n) is 9.02. The van der Waals surface area contributed by atoms with Gasteiger partial charge in [0, 0.05) is 41.6 Å². The largest absolute Gasteiger partial charge is 0.341 e. The van der Waals surface area contributed by atoms with Crippen molar-refractivity contribution in [1.29, 1.82) is 0 Å². The summed E-state index contributed by atoms with van der Waals surface area (Å²) in [5, 5.41) is 11.5. The number of non-ortho nitro benzene ring substituents is 1. The molecule has 0 saturated carbocycles. The molecule has 0 bridgehead atoms. The lowest BCUT2D eigenvalue weighted by Gasteiger charge is -2.15. The smallest absolute Gasteiger partial charge is 0.271 e. The van der Waals surface area contributed by atoms with Crippen LogP contribution in [0.4, 0.5) is 5.69 Å². The number of benzene rings is 1. The SMILES string of the molecule is CN(CCBr)C(=O)c1cc(Cl)cc([N+](=O)[O-])c1. The molecule has 0 unspecified atom stereocenters. The molecular weight excluding hydrogens is 311 g/mol. The Morgan fingerprint density at radius 1 is 1.53 bits per heavy atom. The Kier molecular flexibility index (Phi) is 4.89. The summed E-state index contributed by atoms with van der Waals surface area (Å²) < 4.78 is 0. The van der Waals surface area contributed by atoms with Gasteiger partial charge in [-0.25, -0.2) is 0 Å². The van der Waals surface area contributed by atoms with Crippen molar-refractivity contribution in [2.24, 2.45) is 0 Å². The molecule has 0 saturated heterocycles. The van der Waals surface area contributed by atoms with Crippen LogP contribution < -0.4 is 0 Å². The first kappa shape index (κ1) is 13.9. The molecule has 0 aliphatic carbocycles. The summed E-state index contributed by atoms with van der Waals surface area (Å²) in [6.07, 6.45) is 0. The fourth-order valence-electron chi connectivity index (χ4n) is 1.25. The summed E-state index contributed by atoms with van der Waals surface area (Å²) in [7, 11) is 1.62. The maximum absolute atomic E-state index is 11.9. The Morgan fingerprint density at radius 2 is 2.18 bits per heavy atom. The normalized spacial score (nSPS) is 10.1. The van der Waals surface area contributed by atoms with Crippen molar-refractivity contribution in [3.63, 3.8) is 0 Å². The second-order valence-electron chi connectivity index (χ2n) is 3.37. The molecular formula is C10H10BrClN2O3. The number of hydrogen-bond acceptors (Lipinski definition) is 3. The molecule has 92 valence electrons. The van der Waals surface area contributed by atoms with E-state index in [4.69, 9.17) is 11.6 Å². The summed E-state index contributed by atoms with van der Waals surface area (Å²) in [6, 6.07) is 3.85. The van der Waals surface area contributed by atoms with E-state index in [9.17, 15) is 14.9 Å². The molecule has 0 radical (unpaired) electrons. The van der Waals surface area contributed by atoms with E-state index in [-0.39, 0.29) is 22.2 Å². The van der Waals surface area contributed by atoms with E-state index in [0.29, 0.717) is 11.9 Å². The number of amides is 1. The first-order valence-electron chi connectivity index (χ1n) is 4.72. The van der Waals surface area contributed by atoms with Gasteiger partial charge in [0.15, 0.2) is 0 Å². The summed E-state index contributed by atoms with van der Waals surface area (Å²) in [4.78, 5) is 23.4. The molecule has 1 aromatic carbocycles. The van der Waals surface area contributed by atoms with Gasteiger partial charge in [0.2, 0.25) is 0 Å². The van der Waals surface area contributed by atoms with Crippen LogP contribution in [-0.4, -0.2) is 34.7 Å². The van der Waals surface area contributed by atoms with Crippen LogP contribution >= 0.6 is 27.5 Å². The number of carbonyl (C=O) groups is 1. The average molecular weight is 322 g/mol. The molecule has 0 spiro atoms. The van der Waals surface area contributed by atoms with Gasteiger partial charge in [0.05, 0.1) is 4.92 Å². The van der Waals surface area contributed by atoms with Crippen LogP contribution in [0.15, 0.2) is 18.2 Å². The summed E-state index contributed by atoms with van der Waals surface area (Å²) in [5.41, 5.74) is 0.0285. The minimum atomic E-state index is -0.576. The van der Waals surface area contributed by atoms with Crippen molar-refractivity contribution < 1.29 is 9.72 Å². The van der Waals surface area contributed by atoms with Crippen LogP contribution in [0.3, 0.4) is 0 Å². The third-order valence-electron chi connectivity index (χ3n) is 2.11. The average Bonchev–Trinajstić information content (AvgIpc) is 2.27. The topological polar surface area (TPSA) is 63.5 Å². The molecule has 0 aliphatic rings. The van der Waals surface area contributed by atoms with Gasteiger partial charge in [-0.3, -0.25) is 14.9 Å². The van der Waals surface area contributed by atoms with E-state index in [2.05, 4.69) is 15.9 Å². The predicted octanol–water partition coefficient (Wildman–Crippen LogP) is 2.72. The van der Waals surface area contributed by atoms with Crippen LogP contribution in [0.2, 0.25) is 5.02 Å². The Bertz CT molecular complexity index is 453. The van der Waals surface area contributed by atoms with Crippen molar-refractivity contribution in [2.45, 2.75) is 0 Å². The lowest BCUT2D eigenvalue weighted by Crippen LogP contribution is -2.28. The lowest BCUT2D eigenvalue weighted by atomic mass is 10.2. The summed E-state index contributed by atoms with van der Waals surface area (Å²) >= 11 is 8.95. The van der Waals surface area contributed by atoms with Crippen molar-refractivity contribution in [3.8, 4) is 0 Å². The standard InChI is InChI=1S/C10H10BrClN2O3/c1-13(3-2-11)10(15)7-4-8(12)6-9(5-7)14(16)17/h4-6H,2-3H2,1H3. The Morgan fingerprint density at radius 3 is 2.71 bits per heavy atom. The molecule has 1 aromatic rings. The van der Waals surface area contributed by atoms with Gasteiger partial charge in [0.25, 0.3) is 11.6 Å². The molecule has 7 heteroatoms. The number of hydrogen-bond donors (Lipinski definition) is 0. The molecule has 0 N–H and O–H groups in total. The number of rotatable bonds is 4. The minimum absolute atomic E-state index is 0.176. The third-order valence-corrected chi connectivity index (χ3v) is 2.68. The highest BCUT2D eigenvalue weighted by Crippen LogP contribution is 2.21. The maximum Gasteiger partial charge on any atom is 0.271 e. The van der Waals surface area contributed by atoms with Crippen LogP contribution in [-0.2, 0) is 0 Å². The molecule has 0 aliphatic heterocycles. The highest BCUT2D eigenvalue weighted by Gasteiger charge is 2.16. The van der Waals surface area contributed by atoms with Crippen LogP contribution in [0.5, 0.6) is 0 Å². The monoisotopic (exact) mass is 320 g/mol. The second kappa shape index (κ2) is 5.97. The highest BCUT2D eigenvalue weighted by molar-refractivity contribution is 9.09. The van der Waals surface area contributed by atoms with E-state index in [1.165, 1.54) is 23.1 Å². The van der Waals surface area contributed by atoms with E-state index < -0.39 is 4.92 Å². The maximum atomic E-state index is 11.9. The highest BCUT2D eigenvalue weighted by atomic mass is 79.9. The Balaban J connectivity index is 3.05. The van der Waals surface area contributed by atoms with Gasteiger partial charge in [-0.05, 0) is 6.07 Å². The quantitative estimate of drug-likeness (QED) is 0.486.